The molecule has 0 fully saturated rings. The molecule has 0 spiro atoms. The van der Waals surface area contributed by atoms with E-state index >= 15 is 0 Å². The molecule has 2 heterocycles. The third kappa shape index (κ3) is 6.58. The van der Waals surface area contributed by atoms with Gasteiger partial charge in [-0.15, -0.1) is 11.3 Å². The van der Waals surface area contributed by atoms with E-state index < -0.39 is 0 Å². The van der Waals surface area contributed by atoms with Gasteiger partial charge in [0.1, 0.15) is 0 Å². The maximum absolute atomic E-state index is 2.41. The lowest BCUT2D eigenvalue weighted by molar-refractivity contribution is 1.18. The van der Waals surface area contributed by atoms with Crippen molar-refractivity contribution in [2.24, 2.45) is 0 Å². The van der Waals surface area contributed by atoms with E-state index in [-0.39, 0.29) is 0 Å². The van der Waals surface area contributed by atoms with Gasteiger partial charge in [-0.25, -0.2) is 0 Å². The molecule has 0 bridgehead atoms. The van der Waals surface area contributed by atoms with Crippen molar-refractivity contribution in [3.05, 3.63) is 243 Å². The van der Waals surface area contributed by atoms with Gasteiger partial charge in [0, 0.05) is 53.7 Å². The number of hydrogen-bond donors (Lipinski definition) is 0. The number of para-hydroxylation sites is 2. The number of anilines is 3. The minimum Gasteiger partial charge on any atom is -0.311 e. The molecule has 0 aliphatic carbocycles. The number of benzene rings is 10. The number of rotatable bonds is 8. The summed E-state index contributed by atoms with van der Waals surface area (Å²) < 4.78 is 5.08. The molecule has 0 aliphatic rings. The number of aromatic nitrogens is 1. The van der Waals surface area contributed by atoms with Crippen molar-refractivity contribution in [2.45, 2.75) is 0 Å². The predicted molar refractivity (Wildman–Crippen MR) is 270 cm³/mol. The molecule has 10 aromatic carbocycles. The van der Waals surface area contributed by atoms with Crippen LogP contribution in [0.25, 0.3) is 92.2 Å². The highest BCUT2D eigenvalue weighted by Crippen LogP contribution is 2.42. The van der Waals surface area contributed by atoms with Crippen molar-refractivity contribution in [3.63, 3.8) is 0 Å². The predicted octanol–water partition coefficient (Wildman–Crippen LogP) is 17.3. The molecule has 0 radical (unpaired) electrons. The molecule has 3 heteroatoms. The van der Waals surface area contributed by atoms with Gasteiger partial charge in [-0.05, 0) is 117 Å². The summed E-state index contributed by atoms with van der Waals surface area (Å²) in [7, 11) is 0. The van der Waals surface area contributed by atoms with Gasteiger partial charge in [0.2, 0.25) is 0 Å². The summed E-state index contributed by atoms with van der Waals surface area (Å²) in [4.78, 5) is 2.32. The van der Waals surface area contributed by atoms with Crippen molar-refractivity contribution in [1.82, 2.24) is 4.57 Å². The molecular formula is C60H40N2S. The molecule has 2 nitrogen and oxygen atoms in total. The van der Waals surface area contributed by atoms with Crippen LogP contribution in [0, 0.1) is 0 Å². The van der Waals surface area contributed by atoms with E-state index in [1.807, 2.05) is 11.3 Å². The normalized spacial score (nSPS) is 11.5. The summed E-state index contributed by atoms with van der Waals surface area (Å²) in [5.41, 5.74) is 16.6. The summed E-state index contributed by atoms with van der Waals surface area (Å²) in [6.45, 7) is 0. The molecule has 0 unspecified atom stereocenters. The van der Waals surface area contributed by atoms with Crippen molar-refractivity contribution in [1.29, 1.82) is 0 Å². The first-order chi connectivity index (χ1) is 31.2. The summed E-state index contributed by atoms with van der Waals surface area (Å²) in [6.07, 6.45) is 0. The van der Waals surface area contributed by atoms with Crippen molar-refractivity contribution in [3.8, 4) is 50.2 Å². The van der Waals surface area contributed by atoms with Gasteiger partial charge in [0.25, 0.3) is 0 Å². The van der Waals surface area contributed by atoms with Crippen LogP contribution in [0.4, 0.5) is 17.1 Å². The van der Waals surface area contributed by atoms with Gasteiger partial charge in [0.05, 0.1) is 11.0 Å². The number of hydrogen-bond acceptors (Lipinski definition) is 2. The zero-order valence-electron chi connectivity index (χ0n) is 34.4. The SMILES string of the molecule is c1ccc(-c2ccc(N(c3ccccc3)c3ccc(-c4ccc(-c5ccc6c(c5)c5ccccc5n6-c5ccc(-c6cccc7c6sc6ccccc67)cc5)cc4)cc3)cc2)cc1. The fourth-order valence-corrected chi connectivity index (χ4v) is 10.5. The van der Waals surface area contributed by atoms with Gasteiger partial charge in [-0.2, -0.15) is 0 Å². The summed E-state index contributed by atoms with van der Waals surface area (Å²) in [5.74, 6) is 0. The quantitative estimate of drug-likeness (QED) is 0.148. The monoisotopic (exact) mass is 820 g/mol. The van der Waals surface area contributed by atoms with E-state index in [9.17, 15) is 0 Å². The highest BCUT2D eigenvalue weighted by Gasteiger charge is 2.16. The van der Waals surface area contributed by atoms with Crippen LogP contribution in [0.5, 0.6) is 0 Å². The molecule has 0 N–H and O–H groups in total. The first-order valence-electron chi connectivity index (χ1n) is 21.5. The smallest absolute Gasteiger partial charge is 0.0541 e. The average Bonchev–Trinajstić information content (AvgIpc) is 3.91. The van der Waals surface area contributed by atoms with Crippen LogP contribution in [-0.4, -0.2) is 4.57 Å². The van der Waals surface area contributed by atoms with Crippen LogP contribution in [0.3, 0.4) is 0 Å². The Morgan fingerprint density at radius 2 is 0.778 bits per heavy atom. The van der Waals surface area contributed by atoms with E-state index in [4.69, 9.17) is 0 Å². The van der Waals surface area contributed by atoms with Crippen molar-refractivity contribution >= 4 is 70.4 Å². The Hall–Kier alpha value is -7.98. The zero-order chi connectivity index (χ0) is 41.7. The zero-order valence-corrected chi connectivity index (χ0v) is 35.2. The Labute approximate surface area is 370 Å². The average molecular weight is 821 g/mol. The first kappa shape index (κ1) is 36.8. The molecule has 0 aliphatic heterocycles. The summed E-state index contributed by atoms with van der Waals surface area (Å²) in [6, 6.07) is 88.1. The molecule has 0 saturated heterocycles. The van der Waals surface area contributed by atoms with Gasteiger partial charge in [-0.1, -0.05) is 170 Å². The molecule has 12 aromatic rings. The third-order valence-corrected chi connectivity index (χ3v) is 13.7. The fourth-order valence-electron chi connectivity index (χ4n) is 9.31. The highest BCUT2D eigenvalue weighted by atomic mass is 32.1. The van der Waals surface area contributed by atoms with Crippen LogP contribution in [-0.2, 0) is 0 Å². The second-order valence-electron chi connectivity index (χ2n) is 16.1. The van der Waals surface area contributed by atoms with Crippen LogP contribution < -0.4 is 4.90 Å². The highest BCUT2D eigenvalue weighted by molar-refractivity contribution is 7.26. The van der Waals surface area contributed by atoms with Gasteiger partial charge >= 0.3 is 0 Å². The van der Waals surface area contributed by atoms with Gasteiger partial charge in [0.15, 0.2) is 0 Å². The summed E-state index contributed by atoms with van der Waals surface area (Å²) in [5, 5.41) is 5.16. The Morgan fingerprint density at radius 3 is 1.46 bits per heavy atom. The van der Waals surface area contributed by atoms with E-state index in [1.165, 1.54) is 86.5 Å². The molecule has 296 valence electrons. The molecule has 0 saturated carbocycles. The fraction of sp³-hybridized carbons (Fsp3) is 0. The molecular weight excluding hydrogens is 781 g/mol. The summed E-state index contributed by atoms with van der Waals surface area (Å²) >= 11 is 1.88. The standard InChI is InChI=1S/C60H40N2S/c1-3-12-41(13-4-1)43-26-33-49(34-27-43)61(48-14-5-2-6-15-48)50-35-28-44(29-36-50)42-22-24-45(25-23-42)47-32-39-58-56(40-47)53-16-7-9-20-57(53)62(58)51-37-30-46(31-38-51)52-18-11-19-55-54-17-8-10-21-59(54)63-60(52)55/h1-40H. The number of fused-ring (bicyclic) bond motifs is 6. The van der Waals surface area contributed by atoms with E-state index in [0.29, 0.717) is 0 Å². The lowest BCUT2D eigenvalue weighted by Gasteiger charge is -2.26. The second-order valence-corrected chi connectivity index (χ2v) is 17.2. The Balaban J connectivity index is 0.832. The van der Waals surface area contributed by atoms with Gasteiger partial charge in [-0.3, -0.25) is 0 Å². The molecule has 12 rings (SSSR count). The second kappa shape index (κ2) is 15.5. The van der Waals surface area contributed by atoms with E-state index in [2.05, 4.69) is 252 Å². The van der Waals surface area contributed by atoms with Crippen LogP contribution >= 0.6 is 11.3 Å². The van der Waals surface area contributed by atoms with Crippen LogP contribution in [0.1, 0.15) is 0 Å². The topological polar surface area (TPSA) is 8.17 Å². The van der Waals surface area contributed by atoms with Gasteiger partial charge < -0.3 is 9.47 Å². The molecule has 0 atom stereocenters. The Morgan fingerprint density at radius 1 is 0.302 bits per heavy atom. The Bertz CT molecular complexity index is 3570. The van der Waals surface area contributed by atoms with Crippen LogP contribution in [0.2, 0.25) is 0 Å². The van der Waals surface area contributed by atoms with Crippen LogP contribution in [0.15, 0.2) is 243 Å². The largest absolute Gasteiger partial charge is 0.311 e. The molecule has 2 aromatic heterocycles. The Kier molecular flexibility index (Phi) is 9.06. The number of nitrogens with zero attached hydrogens (tertiary/aromatic N) is 2. The molecule has 0 amide bonds. The van der Waals surface area contributed by atoms with E-state index in [0.717, 1.165) is 22.7 Å². The minimum atomic E-state index is 1.11. The third-order valence-electron chi connectivity index (χ3n) is 12.4. The molecule has 63 heavy (non-hydrogen) atoms. The maximum atomic E-state index is 2.41. The lowest BCUT2D eigenvalue weighted by atomic mass is 9.98. The first-order valence-corrected chi connectivity index (χ1v) is 22.3. The maximum Gasteiger partial charge on any atom is 0.0541 e. The van der Waals surface area contributed by atoms with E-state index in [1.54, 1.807) is 0 Å². The number of thiophene rings is 1. The minimum absolute atomic E-state index is 1.11. The van der Waals surface area contributed by atoms with Crippen molar-refractivity contribution < 1.29 is 0 Å². The lowest BCUT2D eigenvalue weighted by Crippen LogP contribution is -2.09. The van der Waals surface area contributed by atoms with Crippen molar-refractivity contribution in [2.75, 3.05) is 4.90 Å².